The lowest BCUT2D eigenvalue weighted by atomic mass is 10.2. The largest absolute Gasteiger partial charge is 0.478 e. The highest BCUT2D eigenvalue weighted by molar-refractivity contribution is 5.88. The Bertz CT molecular complexity index is 439. The number of hydrogen-bond acceptors (Lipinski definition) is 5. The molecule has 84 valence electrons. The fourth-order valence-corrected chi connectivity index (χ4v) is 1.17. The lowest BCUT2D eigenvalue weighted by molar-refractivity contribution is 0.0695. The summed E-state index contributed by atoms with van der Waals surface area (Å²) < 4.78 is 0. The molecule has 0 unspecified atom stereocenters. The second-order valence-electron chi connectivity index (χ2n) is 3.30. The number of nitriles is 1. The molecule has 6 heteroatoms. The van der Waals surface area contributed by atoms with Crippen LogP contribution in [0.3, 0.4) is 0 Å². The van der Waals surface area contributed by atoms with E-state index in [-0.39, 0.29) is 5.56 Å². The first-order chi connectivity index (χ1) is 7.56. The maximum Gasteiger partial charge on any atom is 0.339 e. The Kier molecular flexibility index (Phi) is 3.78. The van der Waals surface area contributed by atoms with Crippen LogP contribution in [0, 0.1) is 18.3 Å². The molecule has 16 heavy (non-hydrogen) atoms. The lowest BCUT2D eigenvalue weighted by Crippen LogP contribution is -2.21. The summed E-state index contributed by atoms with van der Waals surface area (Å²) in [4.78, 5) is 20.5. The van der Waals surface area contributed by atoms with Gasteiger partial charge in [-0.15, -0.1) is 0 Å². The minimum atomic E-state index is -1.04. The predicted octanol–water partition coefficient (Wildman–Crippen LogP) is 0.833. The van der Waals surface area contributed by atoms with Gasteiger partial charge in [-0.1, -0.05) is 0 Å². The Balaban J connectivity index is 2.89. The van der Waals surface area contributed by atoms with E-state index in [1.54, 1.807) is 18.9 Å². The number of rotatable bonds is 4. The maximum absolute atomic E-state index is 10.7. The molecule has 1 rings (SSSR count). The molecule has 1 heterocycles. The number of carboxylic acid groups (broad SMARTS) is 1. The van der Waals surface area contributed by atoms with Crippen molar-refractivity contribution in [2.24, 2.45) is 0 Å². The van der Waals surface area contributed by atoms with Gasteiger partial charge in [-0.25, -0.2) is 14.8 Å². The van der Waals surface area contributed by atoms with E-state index in [9.17, 15) is 4.79 Å². The summed E-state index contributed by atoms with van der Waals surface area (Å²) in [7, 11) is 1.76. The zero-order valence-electron chi connectivity index (χ0n) is 9.14. The van der Waals surface area contributed by atoms with Gasteiger partial charge in [0.05, 0.1) is 23.7 Å². The summed E-state index contributed by atoms with van der Waals surface area (Å²) in [5.41, 5.74) is 0.513. The van der Waals surface area contributed by atoms with Crippen LogP contribution in [0.1, 0.15) is 22.5 Å². The molecule has 0 aliphatic rings. The first kappa shape index (κ1) is 11.9. The minimum absolute atomic E-state index is 0.0948. The van der Waals surface area contributed by atoms with Crippen molar-refractivity contribution in [1.29, 1.82) is 5.26 Å². The number of nitrogens with zero attached hydrogens (tertiary/aromatic N) is 4. The predicted molar refractivity (Wildman–Crippen MR) is 57.2 cm³/mol. The minimum Gasteiger partial charge on any atom is -0.478 e. The lowest BCUT2D eigenvalue weighted by Gasteiger charge is -2.15. The van der Waals surface area contributed by atoms with E-state index < -0.39 is 5.97 Å². The van der Waals surface area contributed by atoms with Crippen LogP contribution in [0.15, 0.2) is 6.20 Å². The normalized spacial score (nSPS) is 9.56. The highest BCUT2D eigenvalue weighted by Gasteiger charge is 2.11. The molecule has 0 aromatic carbocycles. The average molecular weight is 220 g/mol. The van der Waals surface area contributed by atoms with Crippen molar-refractivity contribution in [1.82, 2.24) is 9.97 Å². The number of aromatic nitrogens is 2. The van der Waals surface area contributed by atoms with Crippen LogP contribution >= 0.6 is 0 Å². The van der Waals surface area contributed by atoms with Crippen LogP contribution in [0.4, 0.5) is 5.95 Å². The van der Waals surface area contributed by atoms with Crippen molar-refractivity contribution in [2.75, 3.05) is 18.5 Å². The van der Waals surface area contributed by atoms with Crippen molar-refractivity contribution in [3.63, 3.8) is 0 Å². The summed E-state index contributed by atoms with van der Waals surface area (Å²) in [5.74, 6) is -0.610. The van der Waals surface area contributed by atoms with Gasteiger partial charge in [0.2, 0.25) is 5.95 Å². The Hall–Kier alpha value is -2.16. The monoisotopic (exact) mass is 220 g/mol. The Morgan fingerprint density at radius 3 is 2.88 bits per heavy atom. The zero-order valence-corrected chi connectivity index (χ0v) is 9.14. The van der Waals surface area contributed by atoms with E-state index in [1.807, 2.05) is 6.07 Å². The van der Waals surface area contributed by atoms with Crippen molar-refractivity contribution in [2.45, 2.75) is 13.3 Å². The number of hydrogen-bond donors (Lipinski definition) is 1. The summed E-state index contributed by atoms with van der Waals surface area (Å²) >= 11 is 0. The van der Waals surface area contributed by atoms with E-state index in [4.69, 9.17) is 10.4 Å². The third-order valence-electron chi connectivity index (χ3n) is 2.10. The van der Waals surface area contributed by atoms with E-state index in [0.717, 1.165) is 0 Å². The number of carboxylic acids is 1. The fraction of sp³-hybridized carbons (Fsp3) is 0.400. The van der Waals surface area contributed by atoms with Crippen LogP contribution in [0.2, 0.25) is 0 Å². The molecule has 0 amide bonds. The van der Waals surface area contributed by atoms with Gasteiger partial charge < -0.3 is 10.0 Å². The molecular weight excluding hydrogens is 208 g/mol. The number of aryl methyl sites for hydroxylation is 1. The van der Waals surface area contributed by atoms with Crippen LogP contribution in [-0.2, 0) is 0 Å². The van der Waals surface area contributed by atoms with E-state index >= 15 is 0 Å². The molecule has 0 aliphatic heterocycles. The van der Waals surface area contributed by atoms with Crippen LogP contribution in [-0.4, -0.2) is 34.6 Å². The highest BCUT2D eigenvalue weighted by Crippen LogP contribution is 2.10. The quantitative estimate of drug-likeness (QED) is 0.808. The van der Waals surface area contributed by atoms with E-state index in [1.165, 1.54) is 6.20 Å². The summed E-state index contributed by atoms with van der Waals surface area (Å²) in [6.45, 7) is 2.13. The van der Waals surface area contributed by atoms with Gasteiger partial charge in [0.1, 0.15) is 0 Å². The van der Waals surface area contributed by atoms with E-state index in [2.05, 4.69) is 9.97 Å². The van der Waals surface area contributed by atoms with Crippen LogP contribution < -0.4 is 4.90 Å². The molecule has 1 aromatic heterocycles. The molecule has 0 atom stereocenters. The Morgan fingerprint density at radius 2 is 2.38 bits per heavy atom. The molecule has 0 radical (unpaired) electrons. The van der Waals surface area contributed by atoms with E-state index in [0.29, 0.717) is 24.6 Å². The zero-order chi connectivity index (χ0) is 12.1. The Morgan fingerprint density at radius 1 is 1.69 bits per heavy atom. The molecule has 1 aromatic rings. The Labute approximate surface area is 93.2 Å². The third kappa shape index (κ3) is 2.67. The smallest absolute Gasteiger partial charge is 0.339 e. The van der Waals surface area contributed by atoms with Crippen LogP contribution in [0.25, 0.3) is 0 Å². The number of aromatic carboxylic acids is 1. The third-order valence-corrected chi connectivity index (χ3v) is 2.10. The van der Waals surface area contributed by atoms with Gasteiger partial charge in [-0.3, -0.25) is 0 Å². The number of anilines is 1. The van der Waals surface area contributed by atoms with Crippen molar-refractivity contribution in [3.8, 4) is 6.07 Å². The van der Waals surface area contributed by atoms with Crippen LogP contribution in [0.5, 0.6) is 0 Å². The second-order valence-corrected chi connectivity index (χ2v) is 3.30. The molecule has 0 saturated heterocycles. The standard InChI is InChI=1S/C10H12N4O2/c1-7-8(9(15)16)6-12-10(13-7)14(2)5-3-4-11/h6H,3,5H2,1-2H3,(H,15,16). The summed E-state index contributed by atoms with van der Waals surface area (Å²) in [6, 6.07) is 2.02. The van der Waals surface area contributed by atoms with Gasteiger partial charge >= 0.3 is 5.97 Å². The molecule has 0 fully saturated rings. The van der Waals surface area contributed by atoms with Gasteiger partial charge in [-0.05, 0) is 6.92 Å². The summed E-state index contributed by atoms with van der Waals surface area (Å²) in [6.07, 6.45) is 1.66. The molecule has 0 spiro atoms. The highest BCUT2D eigenvalue weighted by atomic mass is 16.4. The van der Waals surface area contributed by atoms with Crippen molar-refractivity contribution >= 4 is 11.9 Å². The summed E-state index contributed by atoms with van der Waals surface area (Å²) in [5, 5.41) is 17.2. The number of carbonyl (C=O) groups is 1. The van der Waals surface area contributed by atoms with Crippen molar-refractivity contribution < 1.29 is 9.90 Å². The first-order valence-electron chi connectivity index (χ1n) is 4.71. The maximum atomic E-state index is 10.7. The van der Waals surface area contributed by atoms with Gasteiger partial charge in [0.25, 0.3) is 0 Å². The van der Waals surface area contributed by atoms with Gasteiger partial charge in [0.15, 0.2) is 0 Å². The molecule has 0 aliphatic carbocycles. The van der Waals surface area contributed by atoms with Gasteiger partial charge in [-0.2, -0.15) is 5.26 Å². The second kappa shape index (κ2) is 5.07. The first-order valence-corrected chi connectivity index (χ1v) is 4.71. The molecule has 1 N–H and O–H groups in total. The topological polar surface area (TPSA) is 90.1 Å². The molecule has 0 saturated carbocycles. The SMILES string of the molecule is Cc1nc(N(C)CCC#N)ncc1C(=O)O. The van der Waals surface area contributed by atoms with Crippen molar-refractivity contribution in [3.05, 3.63) is 17.5 Å². The van der Waals surface area contributed by atoms with Gasteiger partial charge in [0, 0.05) is 19.8 Å². The fourth-order valence-electron chi connectivity index (χ4n) is 1.17. The average Bonchev–Trinajstić information content (AvgIpc) is 2.25. The molecular formula is C10H12N4O2. The molecule has 0 bridgehead atoms. The molecule has 6 nitrogen and oxygen atoms in total.